The molecule has 6 nitrogen and oxygen atoms in total. The van der Waals surface area contributed by atoms with Gasteiger partial charge in [0.15, 0.2) is 11.6 Å². The molecule has 1 unspecified atom stereocenters. The van der Waals surface area contributed by atoms with Crippen molar-refractivity contribution in [2.75, 3.05) is 17.7 Å². The second kappa shape index (κ2) is 8.28. The Morgan fingerprint density at radius 3 is 2.55 bits per heavy atom. The van der Waals surface area contributed by atoms with Gasteiger partial charge in [-0.3, -0.25) is 4.79 Å². The summed E-state index contributed by atoms with van der Waals surface area (Å²) in [7, 11) is 1.59. The van der Waals surface area contributed by atoms with Crippen LogP contribution in [-0.2, 0) is 0 Å². The summed E-state index contributed by atoms with van der Waals surface area (Å²) in [5.41, 5.74) is 6.80. The van der Waals surface area contributed by atoms with Gasteiger partial charge >= 0.3 is 0 Å². The molecule has 3 rings (SSSR count). The van der Waals surface area contributed by atoms with Gasteiger partial charge in [0.25, 0.3) is 11.8 Å². The fourth-order valence-corrected chi connectivity index (χ4v) is 3.49. The number of carbonyl (C=O) groups excluding carboxylic acids is 1. The Hall–Kier alpha value is -2.81. The van der Waals surface area contributed by atoms with E-state index in [1.54, 1.807) is 19.2 Å². The summed E-state index contributed by atoms with van der Waals surface area (Å²) < 4.78 is 43.5. The van der Waals surface area contributed by atoms with Gasteiger partial charge in [-0.15, -0.1) is 0 Å². The van der Waals surface area contributed by atoms with E-state index in [1.807, 2.05) is 19.1 Å². The molecule has 1 aromatic carbocycles. The van der Waals surface area contributed by atoms with Crippen LogP contribution >= 0.6 is 0 Å². The number of carbonyl (C=O) groups is 1. The number of amides is 1. The standard InChI is InChI=1S/C20H24F3N5O/c1-11-5-7-12(8-6-11)26-18-13(17(24)29)10-14(21)19(28-18)27-16-15(25-2)4-3-9-20(16,22)23/h5-8,10,15-16,25H,3-4,9H2,1-2H3,(H2,24,29)(H2,26,27,28)/t15-,16?/m0/s1. The van der Waals surface area contributed by atoms with Crippen LogP contribution in [-0.4, -0.2) is 35.9 Å². The summed E-state index contributed by atoms with van der Waals surface area (Å²) in [6.07, 6.45) is 0.602. The zero-order valence-corrected chi connectivity index (χ0v) is 16.2. The lowest BCUT2D eigenvalue weighted by molar-refractivity contribution is -0.0550. The van der Waals surface area contributed by atoms with Crippen LogP contribution in [0.1, 0.15) is 35.2 Å². The third-order valence-electron chi connectivity index (χ3n) is 5.10. The first-order chi connectivity index (χ1) is 13.7. The predicted molar refractivity (Wildman–Crippen MR) is 106 cm³/mol. The predicted octanol–water partition coefficient (Wildman–Crippen LogP) is 3.56. The normalized spacial score (nSPS) is 20.9. The van der Waals surface area contributed by atoms with E-state index in [1.165, 1.54) is 0 Å². The number of rotatable bonds is 6. The largest absolute Gasteiger partial charge is 0.365 e. The molecule has 1 aliphatic rings. The van der Waals surface area contributed by atoms with Gasteiger partial charge in [0, 0.05) is 18.2 Å². The lowest BCUT2D eigenvalue weighted by Crippen LogP contribution is -2.56. The van der Waals surface area contributed by atoms with E-state index in [0.717, 1.165) is 11.6 Å². The van der Waals surface area contributed by atoms with Gasteiger partial charge in [0.05, 0.1) is 5.56 Å². The minimum absolute atomic E-state index is 0.00890. The van der Waals surface area contributed by atoms with Gasteiger partial charge in [-0.2, -0.15) is 0 Å². The number of nitrogens with zero attached hydrogens (tertiary/aromatic N) is 1. The fraction of sp³-hybridized carbons (Fsp3) is 0.400. The molecule has 156 valence electrons. The molecule has 9 heteroatoms. The number of likely N-dealkylation sites (N-methyl/N-ethyl adjacent to an activating group) is 1. The Morgan fingerprint density at radius 1 is 1.24 bits per heavy atom. The molecule has 1 saturated carbocycles. The molecule has 5 N–H and O–H groups in total. The van der Waals surface area contributed by atoms with Gasteiger partial charge in [-0.1, -0.05) is 17.7 Å². The van der Waals surface area contributed by atoms with Crippen molar-refractivity contribution < 1.29 is 18.0 Å². The highest BCUT2D eigenvalue weighted by atomic mass is 19.3. The van der Waals surface area contributed by atoms with Crippen LogP contribution in [0.4, 0.5) is 30.5 Å². The molecule has 1 aromatic heterocycles. The van der Waals surface area contributed by atoms with Crippen LogP contribution in [0.3, 0.4) is 0 Å². The summed E-state index contributed by atoms with van der Waals surface area (Å²) >= 11 is 0. The van der Waals surface area contributed by atoms with Gasteiger partial charge in [-0.25, -0.2) is 18.2 Å². The number of hydrogen-bond acceptors (Lipinski definition) is 5. The van der Waals surface area contributed by atoms with Crippen molar-refractivity contribution in [3.63, 3.8) is 0 Å². The number of alkyl halides is 2. The number of nitrogens with one attached hydrogen (secondary N) is 3. The molecular weight excluding hydrogens is 383 g/mol. The van der Waals surface area contributed by atoms with Crippen LogP contribution in [0.5, 0.6) is 0 Å². The number of anilines is 3. The van der Waals surface area contributed by atoms with Crippen LogP contribution in [0.2, 0.25) is 0 Å². The molecule has 0 saturated heterocycles. The maximum absolute atomic E-state index is 14.6. The van der Waals surface area contributed by atoms with Crippen molar-refractivity contribution in [3.8, 4) is 0 Å². The van der Waals surface area contributed by atoms with Gasteiger partial charge in [0.2, 0.25) is 0 Å². The first-order valence-electron chi connectivity index (χ1n) is 9.37. The van der Waals surface area contributed by atoms with Crippen molar-refractivity contribution in [1.29, 1.82) is 0 Å². The second-order valence-electron chi connectivity index (χ2n) is 7.24. The quantitative estimate of drug-likeness (QED) is 0.588. The van der Waals surface area contributed by atoms with E-state index >= 15 is 0 Å². The average molecular weight is 407 g/mol. The van der Waals surface area contributed by atoms with Crippen molar-refractivity contribution in [1.82, 2.24) is 10.3 Å². The summed E-state index contributed by atoms with van der Waals surface area (Å²) in [4.78, 5) is 15.8. The van der Waals surface area contributed by atoms with Crippen LogP contribution in [0, 0.1) is 12.7 Å². The van der Waals surface area contributed by atoms with E-state index in [2.05, 4.69) is 20.9 Å². The van der Waals surface area contributed by atoms with Crippen molar-refractivity contribution in [2.24, 2.45) is 5.73 Å². The summed E-state index contributed by atoms with van der Waals surface area (Å²) in [5, 5.41) is 8.32. The molecule has 0 aliphatic heterocycles. The molecule has 2 aromatic rings. The minimum Gasteiger partial charge on any atom is -0.365 e. The number of aromatic nitrogens is 1. The molecule has 1 fully saturated rings. The van der Waals surface area contributed by atoms with Gasteiger partial charge in [0.1, 0.15) is 11.9 Å². The molecule has 29 heavy (non-hydrogen) atoms. The highest BCUT2D eigenvalue weighted by Crippen LogP contribution is 2.36. The first kappa shape index (κ1) is 20.9. The lowest BCUT2D eigenvalue weighted by atomic mass is 9.87. The maximum Gasteiger partial charge on any atom is 0.269 e. The molecule has 0 spiro atoms. The Kier molecular flexibility index (Phi) is 5.97. The molecule has 2 atom stereocenters. The Morgan fingerprint density at radius 2 is 1.93 bits per heavy atom. The van der Waals surface area contributed by atoms with Crippen molar-refractivity contribution in [3.05, 3.63) is 47.3 Å². The number of halogens is 3. The Bertz CT molecular complexity index is 888. The van der Waals surface area contributed by atoms with Crippen molar-refractivity contribution in [2.45, 2.75) is 44.2 Å². The topological polar surface area (TPSA) is 92.1 Å². The Labute approximate surface area is 167 Å². The molecule has 0 radical (unpaired) electrons. The average Bonchev–Trinajstić information content (AvgIpc) is 2.66. The molecular formula is C20H24F3N5O. The van der Waals surface area contributed by atoms with Gasteiger partial charge < -0.3 is 21.7 Å². The lowest BCUT2D eigenvalue weighted by Gasteiger charge is -2.38. The SMILES string of the molecule is CN[C@H]1CCCC(F)(F)C1Nc1nc(Nc2ccc(C)cc2)c(C(N)=O)cc1F. The van der Waals surface area contributed by atoms with E-state index in [0.29, 0.717) is 18.5 Å². The maximum atomic E-state index is 14.6. The summed E-state index contributed by atoms with van der Waals surface area (Å²) in [6.45, 7) is 1.92. The number of benzene rings is 1. The Balaban J connectivity index is 1.96. The second-order valence-corrected chi connectivity index (χ2v) is 7.24. The third kappa shape index (κ3) is 4.61. The summed E-state index contributed by atoms with van der Waals surface area (Å²) in [5.74, 6) is -5.22. The van der Waals surface area contributed by atoms with Crippen LogP contribution in [0.25, 0.3) is 0 Å². The zero-order valence-electron chi connectivity index (χ0n) is 16.2. The highest BCUT2D eigenvalue weighted by Gasteiger charge is 2.47. The van der Waals surface area contributed by atoms with Crippen LogP contribution in [0.15, 0.2) is 30.3 Å². The smallest absolute Gasteiger partial charge is 0.269 e. The minimum atomic E-state index is -3.03. The van der Waals surface area contributed by atoms with E-state index in [9.17, 15) is 18.0 Å². The monoisotopic (exact) mass is 407 g/mol. The zero-order chi connectivity index (χ0) is 21.2. The van der Waals surface area contributed by atoms with E-state index < -0.39 is 29.7 Å². The first-order valence-corrected chi connectivity index (χ1v) is 9.37. The molecule has 0 bridgehead atoms. The number of nitrogens with two attached hydrogens (primary N) is 1. The molecule has 1 aliphatic carbocycles. The number of pyridine rings is 1. The molecule has 1 heterocycles. The van der Waals surface area contributed by atoms with Crippen LogP contribution < -0.4 is 21.7 Å². The highest BCUT2D eigenvalue weighted by molar-refractivity contribution is 5.98. The fourth-order valence-electron chi connectivity index (χ4n) is 3.49. The third-order valence-corrected chi connectivity index (χ3v) is 5.10. The number of primary amides is 1. The van der Waals surface area contributed by atoms with Crippen molar-refractivity contribution >= 4 is 23.2 Å². The number of aryl methyl sites for hydroxylation is 1. The molecule has 1 amide bonds. The summed E-state index contributed by atoms with van der Waals surface area (Å²) in [6, 6.07) is 6.21. The van der Waals surface area contributed by atoms with E-state index in [-0.39, 0.29) is 23.6 Å². The van der Waals surface area contributed by atoms with Gasteiger partial charge in [-0.05, 0) is 45.0 Å². The number of hydrogen-bond donors (Lipinski definition) is 4. The van der Waals surface area contributed by atoms with E-state index in [4.69, 9.17) is 5.73 Å².